The van der Waals surface area contributed by atoms with Crippen molar-refractivity contribution in [2.45, 2.75) is 13.5 Å². The first-order valence-electron chi connectivity index (χ1n) is 8.84. The van der Waals surface area contributed by atoms with Crippen LogP contribution in [0.3, 0.4) is 0 Å². The molecule has 12 nitrogen and oxygen atoms in total. The average molecular weight is 513 g/mol. The van der Waals surface area contributed by atoms with Crippen LogP contribution in [0.15, 0.2) is 28.7 Å². The number of carbonyl (C=O) groups excluding carboxylic acids is 2. The Morgan fingerprint density at radius 3 is 2.74 bits per heavy atom. The molecule has 2 aromatic heterocycles. The van der Waals surface area contributed by atoms with Gasteiger partial charge in [-0.1, -0.05) is 28.1 Å². The van der Waals surface area contributed by atoms with E-state index in [0.29, 0.717) is 16.8 Å². The fourth-order valence-electron chi connectivity index (χ4n) is 2.85. The molecule has 0 atom stereocenters. The minimum absolute atomic E-state index is 0.0566. The van der Waals surface area contributed by atoms with Crippen molar-refractivity contribution in [3.05, 3.63) is 51.1 Å². The summed E-state index contributed by atoms with van der Waals surface area (Å²) < 4.78 is 15.8. The fraction of sp³-hybridized carbons (Fsp3) is 0.235. The summed E-state index contributed by atoms with van der Waals surface area (Å²) in [6, 6.07) is 6.79. The van der Waals surface area contributed by atoms with Crippen LogP contribution < -0.4 is 5.32 Å². The molecule has 0 aliphatic heterocycles. The summed E-state index contributed by atoms with van der Waals surface area (Å²) >= 11 is 3.33. The number of nitrogens with zero attached hydrogens (tertiary/aromatic N) is 4. The minimum atomic E-state index is -4.60. The molecule has 2 heterocycles. The van der Waals surface area contributed by atoms with Crippen molar-refractivity contribution in [3.63, 3.8) is 0 Å². The molecule has 0 aliphatic carbocycles. The van der Waals surface area contributed by atoms with E-state index < -0.39 is 13.7 Å². The van der Waals surface area contributed by atoms with Gasteiger partial charge in [0.1, 0.15) is 5.69 Å². The topological polar surface area (TPSA) is 172 Å². The van der Waals surface area contributed by atoms with Gasteiger partial charge in [0.2, 0.25) is 5.82 Å². The maximum atomic E-state index is 13.2. The van der Waals surface area contributed by atoms with Gasteiger partial charge in [0.15, 0.2) is 5.78 Å². The third kappa shape index (κ3) is 5.32. The molecular weight excluding hydrogens is 495 g/mol. The summed E-state index contributed by atoms with van der Waals surface area (Å²) in [5.74, 6) is -0.746. The second-order valence-electron chi connectivity index (χ2n) is 6.33. The van der Waals surface area contributed by atoms with E-state index in [0.717, 1.165) is 9.27 Å². The molecule has 3 rings (SSSR count). The fourth-order valence-corrected chi connectivity index (χ4v) is 3.57. The molecule has 0 saturated carbocycles. The van der Waals surface area contributed by atoms with Crippen LogP contribution in [-0.2, 0) is 15.6 Å². The van der Waals surface area contributed by atoms with Crippen LogP contribution >= 0.6 is 23.8 Å². The highest BCUT2D eigenvalue weighted by molar-refractivity contribution is 9.10. The van der Waals surface area contributed by atoms with Gasteiger partial charge in [0.25, 0.3) is 5.91 Å². The molecule has 164 valence electrons. The highest BCUT2D eigenvalue weighted by Crippen LogP contribution is 2.35. The van der Waals surface area contributed by atoms with Gasteiger partial charge in [-0.05, 0) is 29.8 Å². The number of aromatic amines is 1. The first-order chi connectivity index (χ1) is 14.6. The zero-order valence-corrected chi connectivity index (χ0v) is 18.8. The number of rotatable bonds is 8. The number of tetrazole rings is 1. The van der Waals surface area contributed by atoms with Crippen molar-refractivity contribution in [1.29, 1.82) is 0 Å². The number of amides is 1. The van der Waals surface area contributed by atoms with Crippen molar-refractivity contribution in [2.75, 3.05) is 13.7 Å². The van der Waals surface area contributed by atoms with Gasteiger partial charge in [-0.2, -0.15) is 4.80 Å². The predicted octanol–water partition coefficient (Wildman–Crippen LogP) is 1.44. The van der Waals surface area contributed by atoms with Gasteiger partial charge >= 0.3 is 7.82 Å². The van der Waals surface area contributed by atoms with E-state index >= 15 is 0 Å². The number of benzene rings is 1. The molecule has 3 aromatic rings. The molecule has 0 aliphatic rings. The monoisotopic (exact) mass is 512 g/mol. The number of carbonyl (C=O) groups is 2. The highest BCUT2D eigenvalue weighted by atomic mass is 79.9. The van der Waals surface area contributed by atoms with Gasteiger partial charge in [-0.3, -0.25) is 14.1 Å². The average Bonchev–Trinajstić information content (AvgIpc) is 3.30. The Balaban J connectivity index is 1.97. The Bertz CT molecular complexity index is 1190. The number of aromatic nitrogens is 5. The van der Waals surface area contributed by atoms with Crippen LogP contribution in [0.25, 0.3) is 11.5 Å². The molecule has 0 fully saturated rings. The van der Waals surface area contributed by atoms with Crippen molar-refractivity contribution in [3.8, 4) is 11.5 Å². The Morgan fingerprint density at radius 1 is 1.35 bits per heavy atom. The van der Waals surface area contributed by atoms with Crippen LogP contribution in [0.2, 0.25) is 0 Å². The number of hydrogen-bond acceptors (Lipinski definition) is 7. The van der Waals surface area contributed by atoms with Gasteiger partial charge < -0.3 is 20.1 Å². The maximum Gasteiger partial charge on any atom is 0.469 e. The normalized spacial score (nSPS) is 11.5. The third-order valence-electron chi connectivity index (χ3n) is 4.25. The number of H-pyrrole nitrogens is 1. The van der Waals surface area contributed by atoms with Gasteiger partial charge in [0.05, 0.1) is 24.4 Å². The molecule has 1 aromatic carbocycles. The van der Waals surface area contributed by atoms with Gasteiger partial charge in [-0.25, -0.2) is 4.57 Å². The number of nitrogens with one attached hydrogen (secondary N) is 2. The van der Waals surface area contributed by atoms with Crippen molar-refractivity contribution in [2.24, 2.45) is 0 Å². The molecule has 0 saturated heterocycles. The summed E-state index contributed by atoms with van der Waals surface area (Å²) in [5, 5.41) is 14.3. The maximum absolute atomic E-state index is 13.2. The first kappa shape index (κ1) is 23.0. The van der Waals surface area contributed by atoms with Gasteiger partial charge in [-0.15, -0.1) is 10.2 Å². The summed E-state index contributed by atoms with van der Waals surface area (Å²) in [4.78, 5) is 47.0. The first-order valence-corrected chi connectivity index (χ1v) is 11.2. The van der Waals surface area contributed by atoms with E-state index in [2.05, 4.69) is 46.2 Å². The SMILES string of the molecule is CNC(=O)c1[nH]c(-c2nnn(CCOP(=O)(O)O)n2)c(C)c1C(=O)c1cccc(Br)c1. The lowest BCUT2D eigenvalue weighted by Gasteiger charge is -2.05. The van der Waals surface area contributed by atoms with E-state index in [9.17, 15) is 14.2 Å². The second-order valence-corrected chi connectivity index (χ2v) is 8.48. The summed E-state index contributed by atoms with van der Waals surface area (Å²) in [7, 11) is -3.16. The molecule has 31 heavy (non-hydrogen) atoms. The molecule has 0 spiro atoms. The van der Waals surface area contributed by atoms with Crippen molar-refractivity contribution < 1.29 is 28.5 Å². The quantitative estimate of drug-likeness (QED) is 0.257. The molecule has 14 heteroatoms. The summed E-state index contributed by atoms with van der Waals surface area (Å²) in [6.07, 6.45) is 0. The molecule has 1 amide bonds. The molecular formula is C17H18BrN6O6P. The number of halogens is 1. The molecule has 0 radical (unpaired) electrons. The molecule has 4 N–H and O–H groups in total. The Labute approximate surface area is 184 Å². The van der Waals surface area contributed by atoms with Crippen LogP contribution in [0.4, 0.5) is 0 Å². The standard InChI is InChI=1S/C17H18BrN6O6P/c1-9-12(15(25)10-4-3-5-11(18)8-10)14(17(26)19-2)20-13(9)16-21-23-24(22-16)6-7-30-31(27,28)29/h3-5,8,20H,6-7H2,1-2H3,(H,19,26)(H2,27,28,29). The van der Waals surface area contributed by atoms with E-state index in [1.54, 1.807) is 31.2 Å². The third-order valence-corrected chi connectivity index (χ3v) is 5.26. The smallest absolute Gasteiger partial charge is 0.354 e. The molecule has 0 bridgehead atoms. The van der Waals surface area contributed by atoms with Crippen molar-refractivity contribution in [1.82, 2.24) is 30.5 Å². The van der Waals surface area contributed by atoms with E-state index in [-0.39, 0.29) is 36.0 Å². The Hall–Kier alpha value is -2.70. The summed E-state index contributed by atoms with van der Waals surface area (Å²) in [5.41, 5.74) is 1.39. The van der Waals surface area contributed by atoms with Crippen LogP contribution in [0.1, 0.15) is 32.0 Å². The van der Waals surface area contributed by atoms with Crippen molar-refractivity contribution >= 4 is 35.4 Å². The Kier molecular flexibility index (Phi) is 6.82. The zero-order valence-electron chi connectivity index (χ0n) is 16.4. The lowest BCUT2D eigenvalue weighted by molar-refractivity contribution is 0.0946. The number of phosphoric ester groups is 1. The van der Waals surface area contributed by atoms with Crippen LogP contribution in [0, 0.1) is 6.92 Å². The van der Waals surface area contributed by atoms with Crippen LogP contribution in [0.5, 0.6) is 0 Å². The molecule has 0 unspecified atom stereocenters. The lowest BCUT2D eigenvalue weighted by Crippen LogP contribution is -2.21. The van der Waals surface area contributed by atoms with E-state index in [4.69, 9.17) is 9.79 Å². The predicted molar refractivity (Wildman–Crippen MR) is 111 cm³/mol. The number of hydrogen-bond donors (Lipinski definition) is 4. The number of ketones is 1. The zero-order chi connectivity index (χ0) is 22.8. The lowest BCUT2D eigenvalue weighted by atomic mass is 9.99. The summed E-state index contributed by atoms with van der Waals surface area (Å²) in [6.45, 7) is 1.25. The van der Waals surface area contributed by atoms with Gasteiger partial charge in [0, 0.05) is 17.1 Å². The van der Waals surface area contributed by atoms with E-state index in [1.165, 1.54) is 7.05 Å². The van der Waals surface area contributed by atoms with Crippen LogP contribution in [-0.4, -0.2) is 60.3 Å². The largest absolute Gasteiger partial charge is 0.469 e. The minimum Gasteiger partial charge on any atom is -0.354 e. The Morgan fingerprint density at radius 2 is 2.10 bits per heavy atom. The highest BCUT2D eigenvalue weighted by Gasteiger charge is 2.27. The van der Waals surface area contributed by atoms with E-state index in [1.807, 2.05) is 0 Å². The number of phosphoric acid groups is 1. The second kappa shape index (κ2) is 9.20.